The van der Waals surface area contributed by atoms with Crippen LogP contribution >= 0.6 is 11.8 Å². The molecule has 0 aliphatic rings. The van der Waals surface area contributed by atoms with Crippen molar-refractivity contribution in [2.24, 2.45) is 5.73 Å². The lowest BCUT2D eigenvalue weighted by Gasteiger charge is -2.11. The fourth-order valence-corrected chi connectivity index (χ4v) is 1.64. The Hall–Kier alpha value is -0.810. The van der Waals surface area contributed by atoms with E-state index in [1.807, 2.05) is 12.3 Å². The lowest BCUT2D eigenvalue weighted by molar-refractivity contribution is 0.626. The van der Waals surface area contributed by atoms with Gasteiger partial charge in [-0.2, -0.15) is 0 Å². The summed E-state index contributed by atoms with van der Waals surface area (Å²) in [5.74, 6) is 0.848. The molecule has 0 aliphatic heterocycles. The molecule has 0 amide bonds. The van der Waals surface area contributed by atoms with Crippen LogP contribution in [0.15, 0.2) is 17.4 Å². The molecule has 1 aromatic heterocycles. The van der Waals surface area contributed by atoms with Crippen LogP contribution in [0.2, 0.25) is 0 Å². The van der Waals surface area contributed by atoms with Gasteiger partial charge in [-0.1, -0.05) is 13.3 Å². The van der Waals surface area contributed by atoms with Crippen LogP contribution in [-0.2, 0) is 0 Å². The molecule has 0 fully saturated rings. The van der Waals surface area contributed by atoms with Crippen molar-refractivity contribution < 1.29 is 0 Å². The van der Waals surface area contributed by atoms with E-state index in [2.05, 4.69) is 22.2 Å². The number of aromatic nitrogens is 2. The number of thioether (sulfide) groups is 1. The zero-order valence-corrected chi connectivity index (χ0v) is 10.0. The summed E-state index contributed by atoms with van der Waals surface area (Å²) in [5.41, 5.74) is 5.89. The molecule has 0 aliphatic carbocycles. The first-order valence-corrected chi connectivity index (χ1v) is 6.34. The molecule has 3 N–H and O–H groups in total. The molecule has 0 saturated carbocycles. The first-order chi connectivity index (χ1) is 7.26. The smallest absolute Gasteiger partial charge is 0.130 e. The van der Waals surface area contributed by atoms with Gasteiger partial charge in [-0.3, -0.25) is 0 Å². The van der Waals surface area contributed by atoms with Crippen LogP contribution in [-0.4, -0.2) is 28.8 Å². The van der Waals surface area contributed by atoms with Crippen LogP contribution in [0.3, 0.4) is 0 Å². The van der Waals surface area contributed by atoms with E-state index in [1.165, 1.54) is 0 Å². The lowest BCUT2D eigenvalue weighted by atomic mass is 10.2. The van der Waals surface area contributed by atoms with E-state index in [1.54, 1.807) is 18.1 Å². The average molecular weight is 226 g/mol. The molecule has 1 rings (SSSR count). The van der Waals surface area contributed by atoms with Gasteiger partial charge in [0.25, 0.3) is 0 Å². The second kappa shape index (κ2) is 6.63. The van der Waals surface area contributed by atoms with Crippen molar-refractivity contribution in [1.29, 1.82) is 0 Å². The van der Waals surface area contributed by atoms with E-state index in [9.17, 15) is 0 Å². The van der Waals surface area contributed by atoms with Crippen molar-refractivity contribution in [2.75, 3.05) is 18.1 Å². The predicted molar refractivity (Wildman–Crippen MR) is 65.2 cm³/mol. The Bertz CT molecular complexity index is 293. The normalized spacial score (nSPS) is 12.5. The number of nitrogens with one attached hydrogen (secondary N) is 1. The zero-order chi connectivity index (χ0) is 11.1. The molecule has 0 aromatic carbocycles. The highest BCUT2D eigenvalue weighted by Gasteiger charge is 2.02. The number of nitrogens with two attached hydrogens (primary N) is 1. The van der Waals surface area contributed by atoms with Crippen LogP contribution in [0.5, 0.6) is 0 Å². The second-order valence-corrected chi connectivity index (χ2v) is 4.20. The van der Waals surface area contributed by atoms with Crippen molar-refractivity contribution in [3.05, 3.63) is 12.4 Å². The van der Waals surface area contributed by atoms with Gasteiger partial charge in [-0.25, -0.2) is 9.97 Å². The molecule has 84 valence electrons. The molecule has 1 heterocycles. The Kier molecular flexibility index (Phi) is 5.42. The molecular formula is C10H18N4S. The first-order valence-electron chi connectivity index (χ1n) is 5.11. The molecule has 1 aromatic rings. The predicted octanol–water partition coefficient (Wildman–Crippen LogP) is 1.74. The average Bonchev–Trinajstić information content (AvgIpc) is 2.27. The third-order valence-corrected chi connectivity index (χ3v) is 2.70. The third kappa shape index (κ3) is 4.48. The van der Waals surface area contributed by atoms with Gasteiger partial charge in [0, 0.05) is 18.7 Å². The Morgan fingerprint density at radius 2 is 2.33 bits per heavy atom. The van der Waals surface area contributed by atoms with Gasteiger partial charge in [0.1, 0.15) is 17.2 Å². The molecule has 1 atom stereocenters. The topological polar surface area (TPSA) is 63.8 Å². The summed E-state index contributed by atoms with van der Waals surface area (Å²) in [6.45, 7) is 2.90. The number of nitrogens with zero attached hydrogens (tertiary/aromatic N) is 2. The standard InChI is InChI=1S/C10H18N4S/c1-3-4-8(11)6-12-9-5-10(15-2)14-7-13-9/h5,7-8H,3-4,6,11H2,1-2H3,(H,12,13,14). The van der Waals surface area contributed by atoms with Crippen molar-refractivity contribution in [2.45, 2.75) is 30.8 Å². The van der Waals surface area contributed by atoms with Crippen LogP contribution in [0.1, 0.15) is 19.8 Å². The Balaban J connectivity index is 2.43. The summed E-state index contributed by atoms with van der Waals surface area (Å²) < 4.78 is 0. The Morgan fingerprint density at radius 1 is 1.53 bits per heavy atom. The molecular weight excluding hydrogens is 208 g/mol. The summed E-state index contributed by atoms with van der Waals surface area (Å²) in [4.78, 5) is 8.23. The van der Waals surface area contributed by atoms with Gasteiger partial charge in [0.15, 0.2) is 0 Å². The number of hydrogen-bond donors (Lipinski definition) is 2. The molecule has 0 bridgehead atoms. The van der Waals surface area contributed by atoms with Crippen molar-refractivity contribution in [1.82, 2.24) is 9.97 Å². The van der Waals surface area contributed by atoms with E-state index in [0.29, 0.717) is 0 Å². The van der Waals surface area contributed by atoms with E-state index in [4.69, 9.17) is 5.73 Å². The minimum absolute atomic E-state index is 0.197. The molecule has 0 saturated heterocycles. The maximum absolute atomic E-state index is 5.89. The van der Waals surface area contributed by atoms with Crippen LogP contribution in [0.25, 0.3) is 0 Å². The van der Waals surface area contributed by atoms with E-state index in [0.717, 1.165) is 30.2 Å². The summed E-state index contributed by atoms with van der Waals surface area (Å²) in [5, 5.41) is 4.18. The highest BCUT2D eigenvalue weighted by molar-refractivity contribution is 7.98. The van der Waals surface area contributed by atoms with Crippen molar-refractivity contribution in [3.63, 3.8) is 0 Å². The van der Waals surface area contributed by atoms with E-state index < -0.39 is 0 Å². The Labute approximate surface area is 95.1 Å². The third-order valence-electron chi connectivity index (χ3n) is 2.06. The number of rotatable bonds is 6. The summed E-state index contributed by atoms with van der Waals surface area (Å²) in [7, 11) is 0. The van der Waals surface area contributed by atoms with Gasteiger partial charge in [0.2, 0.25) is 0 Å². The van der Waals surface area contributed by atoms with Crippen LogP contribution < -0.4 is 11.1 Å². The van der Waals surface area contributed by atoms with Crippen molar-refractivity contribution in [3.8, 4) is 0 Å². The monoisotopic (exact) mass is 226 g/mol. The first kappa shape index (κ1) is 12.3. The van der Waals surface area contributed by atoms with E-state index in [-0.39, 0.29) is 6.04 Å². The Morgan fingerprint density at radius 3 is 3.00 bits per heavy atom. The van der Waals surface area contributed by atoms with Gasteiger partial charge in [-0.15, -0.1) is 11.8 Å². The highest BCUT2D eigenvalue weighted by atomic mass is 32.2. The zero-order valence-electron chi connectivity index (χ0n) is 9.23. The highest BCUT2D eigenvalue weighted by Crippen LogP contribution is 2.13. The molecule has 5 heteroatoms. The van der Waals surface area contributed by atoms with Crippen LogP contribution in [0, 0.1) is 0 Å². The fraction of sp³-hybridized carbons (Fsp3) is 0.600. The van der Waals surface area contributed by atoms with E-state index >= 15 is 0 Å². The fourth-order valence-electron chi connectivity index (χ4n) is 1.26. The lowest BCUT2D eigenvalue weighted by Crippen LogP contribution is -2.28. The molecule has 0 spiro atoms. The molecule has 15 heavy (non-hydrogen) atoms. The minimum Gasteiger partial charge on any atom is -0.368 e. The van der Waals surface area contributed by atoms with Crippen molar-refractivity contribution >= 4 is 17.6 Å². The molecule has 0 radical (unpaired) electrons. The quantitative estimate of drug-likeness (QED) is 0.571. The molecule has 4 nitrogen and oxygen atoms in total. The second-order valence-electron chi connectivity index (χ2n) is 3.38. The van der Waals surface area contributed by atoms with Gasteiger partial charge < -0.3 is 11.1 Å². The number of anilines is 1. The number of hydrogen-bond acceptors (Lipinski definition) is 5. The maximum Gasteiger partial charge on any atom is 0.130 e. The maximum atomic E-state index is 5.89. The van der Waals surface area contributed by atoms with Gasteiger partial charge in [-0.05, 0) is 12.7 Å². The minimum atomic E-state index is 0.197. The van der Waals surface area contributed by atoms with Gasteiger partial charge >= 0.3 is 0 Å². The van der Waals surface area contributed by atoms with Gasteiger partial charge in [0.05, 0.1) is 0 Å². The summed E-state index contributed by atoms with van der Waals surface area (Å²) >= 11 is 1.61. The SMILES string of the molecule is CCCC(N)CNc1cc(SC)ncn1. The molecule has 1 unspecified atom stereocenters. The largest absolute Gasteiger partial charge is 0.368 e. The summed E-state index contributed by atoms with van der Waals surface area (Å²) in [6.07, 6.45) is 5.71. The summed E-state index contributed by atoms with van der Waals surface area (Å²) in [6, 6.07) is 2.13. The van der Waals surface area contributed by atoms with Crippen LogP contribution in [0.4, 0.5) is 5.82 Å².